The zero-order valence-corrected chi connectivity index (χ0v) is 13.0. The first-order valence-electron chi connectivity index (χ1n) is 7.26. The van der Waals surface area contributed by atoms with E-state index in [1.165, 1.54) is 36.4 Å². The Balaban J connectivity index is 2.05. The first kappa shape index (κ1) is 17.1. The van der Waals surface area contributed by atoms with E-state index in [-0.39, 0.29) is 24.1 Å². The molecule has 2 rings (SSSR count). The van der Waals surface area contributed by atoms with Crippen LogP contribution in [0.4, 0.5) is 10.1 Å². The number of rotatable bonds is 6. The van der Waals surface area contributed by atoms with E-state index in [4.69, 9.17) is 0 Å². The van der Waals surface area contributed by atoms with Gasteiger partial charge in [-0.15, -0.1) is 0 Å². The lowest BCUT2D eigenvalue weighted by Crippen LogP contribution is -2.36. The first-order chi connectivity index (χ1) is 10.8. The standard InChI is InChI=1S/C17H19FN2O3/c1-12(13-4-3-5-16(10-13)20(22)23)19-11-17(2,21)14-6-8-15(18)9-7-14/h3-10,12,19,21H,11H2,1-2H3. The molecule has 2 unspecified atom stereocenters. The molecular formula is C17H19FN2O3. The third-order valence-corrected chi connectivity index (χ3v) is 3.80. The van der Waals surface area contributed by atoms with Crippen LogP contribution in [0.3, 0.4) is 0 Å². The van der Waals surface area contributed by atoms with E-state index in [1.54, 1.807) is 19.1 Å². The van der Waals surface area contributed by atoms with Crippen molar-refractivity contribution in [1.82, 2.24) is 5.32 Å². The quantitative estimate of drug-likeness (QED) is 0.633. The third kappa shape index (κ3) is 4.34. The molecule has 2 atom stereocenters. The van der Waals surface area contributed by atoms with Gasteiger partial charge in [0.1, 0.15) is 5.82 Å². The predicted molar refractivity (Wildman–Crippen MR) is 85.5 cm³/mol. The van der Waals surface area contributed by atoms with Crippen molar-refractivity contribution in [3.63, 3.8) is 0 Å². The number of hydrogen-bond donors (Lipinski definition) is 2. The average molecular weight is 318 g/mol. The smallest absolute Gasteiger partial charge is 0.269 e. The molecule has 0 heterocycles. The summed E-state index contributed by atoms with van der Waals surface area (Å²) in [4.78, 5) is 10.4. The SMILES string of the molecule is CC(NCC(C)(O)c1ccc(F)cc1)c1cccc([N+](=O)[O-])c1. The maximum atomic E-state index is 13.0. The minimum atomic E-state index is -1.18. The number of halogens is 1. The Morgan fingerprint density at radius 2 is 1.96 bits per heavy atom. The van der Waals surface area contributed by atoms with Crippen molar-refractivity contribution in [3.8, 4) is 0 Å². The van der Waals surface area contributed by atoms with Crippen LogP contribution in [0.5, 0.6) is 0 Å². The lowest BCUT2D eigenvalue weighted by Gasteiger charge is -2.26. The molecule has 0 bridgehead atoms. The highest BCUT2D eigenvalue weighted by molar-refractivity contribution is 5.35. The van der Waals surface area contributed by atoms with Crippen molar-refractivity contribution >= 4 is 5.69 Å². The summed E-state index contributed by atoms with van der Waals surface area (Å²) in [6.45, 7) is 3.72. The largest absolute Gasteiger partial charge is 0.384 e. The monoisotopic (exact) mass is 318 g/mol. The summed E-state index contributed by atoms with van der Waals surface area (Å²) in [7, 11) is 0. The molecule has 0 saturated heterocycles. The van der Waals surface area contributed by atoms with Crippen LogP contribution in [-0.4, -0.2) is 16.6 Å². The van der Waals surface area contributed by atoms with E-state index in [0.29, 0.717) is 5.56 Å². The summed E-state index contributed by atoms with van der Waals surface area (Å²) in [5, 5.41) is 24.5. The van der Waals surface area contributed by atoms with Crippen LogP contribution in [0, 0.1) is 15.9 Å². The molecule has 0 fully saturated rings. The maximum Gasteiger partial charge on any atom is 0.269 e. The summed E-state index contributed by atoms with van der Waals surface area (Å²) in [6.07, 6.45) is 0. The van der Waals surface area contributed by atoms with E-state index in [2.05, 4.69) is 5.32 Å². The molecule has 0 aromatic heterocycles. The molecule has 23 heavy (non-hydrogen) atoms. The van der Waals surface area contributed by atoms with Crippen LogP contribution in [0.2, 0.25) is 0 Å². The van der Waals surface area contributed by atoms with Gasteiger partial charge in [0.25, 0.3) is 5.69 Å². The number of nitrogens with one attached hydrogen (secondary N) is 1. The number of benzene rings is 2. The Bertz CT molecular complexity index is 686. The predicted octanol–water partition coefficient (Wildman–Crippen LogP) is 3.29. The normalized spacial score (nSPS) is 15.0. The Labute approximate surface area is 133 Å². The van der Waals surface area contributed by atoms with Gasteiger partial charge in [0.15, 0.2) is 0 Å². The molecule has 6 heteroatoms. The number of hydrogen-bond acceptors (Lipinski definition) is 4. The minimum Gasteiger partial charge on any atom is -0.384 e. The van der Waals surface area contributed by atoms with Gasteiger partial charge in [-0.25, -0.2) is 4.39 Å². The van der Waals surface area contributed by atoms with Gasteiger partial charge in [0.2, 0.25) is 0 Å². The van der Waals surface area contributed by atoms with Gasteiger partial charge in [-0.2, -0.15) is 0 Å². The van der Waals surface area contributed by atoms with Crippen LogP contribution < -0.4 is 5.32 Å². The van der Waals surface area contributed by atoms with Gasteiger partial charge in [0, 0.05) is 24.7 Å². The Hall–Kier alpha value is -2.31. The minimum absolute atomic E-state index is 0.0291. The van der Waals surface area contributed by atoms with Crippen LogP contribution in [0.15, 0.2) is 48.5 Å². The Morgan fingerprint density at radius 3 is 2.57 bits per heavy atom. The molecule has 122 valence electrons. The van der Waals surface area contributed by atoms with Crippen molar-refractivity contribution in [3.05, 3.63) is 75.6 Å². The van der Waals surface area contributed by atoms with E-state index in [0.717, 1.165) is 5.56 Å². The average Bonchev–Trinajstić information content (AvgIpc) is 2.53. The van der Waals surface area contributed by atoms with Gasteiger partial charge in [-0.05, 0) is 37.1 Å². The van der Waals surface area contributed by atoms with Crippen molar-refractivity contribution in [2.45, 2.75) is 25.5 Å². The molecule has 5 nitrogen and oxygen atoms in total. The molecule has 0 aliphatic rings. The third-order valence-electron chi connectivity index (χ3n) is 3.80. The fraction of sp³-hybridized carbons (Fsp3) is 0.294. The summed E-state index contributed by atoms with van der Waals surface area (Å²) >= 11 is 0. The van der Waals surface area contributed by atoms with Crippen molar-refractivity contribution < 1.29 is 14.4 Å². The lowest BCUT2D eigenvalue weighted by atomic mass is 9.95. The maximum absolute atomic E-state index is 13.0. The number of non-ortho nitro benzene ring substituents is 1. The van der Waals surface area contributed by atoms with Crippen molar-refractivity contribution in [2.75, 3.05) is 6.54 Å². The molecule has 0 amide bonds. The highest BCUT2D eigenvalue weighted by Crippen LogP contribution is 2.23. The highest BCUT2D eigenvalue weighted by atomic mass is 19.1. The number of nitro groups is 1. The molecule has 0 saturated carbocycles. The van der Waals surface area contributed by atoms with Crippen molar-refractivity contribution in [2.24, 2.45) is 0 Å². The molecule has 0 aliphatic heterocycles. The summed E-state index contributed by atoms with van der Waals surface area (Å²) in [5.74, 6) is -0.359. The lowest BCUT2D eigenvalue weighted by molar-refractivity contribution is -0.384. The van der Waals surface area contributed by atoms with E-state index in [9.17, 15) is 19.6 Å². The Kier molecular flexibility index (Phi) is 5.08. The number of aliphatic hydroxyl groups is 1. The fourth-order valence-corrected chi connectivity index (χ4v) is 2.29. The van der Waals surface area contributed by atoms with E-state index in [1.807, 2.05) is 6.92 Å². The molecular weight excluding hydrogens is 299 g/mol. The molecule has 0 aliphatic carbocycles. The molecule has 0 spiro atoms. The van der Waals surface area contributed by atoms with Crippen molar-refractivity contribution in [1.29, 1.82) is 0 Å². The number of nitrogens with zero attached hydrogens (tertiary/aromatic N) is 1. The van der Waals surface area contributed by atoms with Crippen LogP contribution >= 0.6 is 0 Å². The van der Waals surface area contributed by atoms with Crippen LogP contribution in [0.25, 0.3) is 0 Å². The fourth-order valence-electron chi connectivity index (χ4n) is 2.29. The van der Waals surface area contributed by atoms with E-state index >= 15 is 0 Å². The molecule has 2 aromatic carbocycles. The second-order valence-corrected chi connectivity index (χ2v) is 5.74. The molecule has 2 aromatic rings. The summed E-state index contributed by atoms with van der Waals surface area (Å²) in [5.41, 5.74) is 0.205. The summed E-state index contributed by atoms with van der Waals surface area (Å²) < 4.78 is 13.0. The zero-order valence-electron chi connectivity index (χ0n) is 13.0. The van der Waals surface area contributed by atoms with Crippen LogP contribution in [-0.2, 0) is 5.60 Å². The molecule has 0 radical (unpaired) electrons. The van der Waals surface area contributed by atoms with Gasteiger partial charge in [-0.3, -0.25) is 10.1 Å². The van der Waals surface area contributed by atoms with Crippen LogP contribution in [0.1, 0.15) is 31.0 Å². The second kappa shape index (κ2) is 6.85. The van der Waals surface area contributed by atoms with Gasteiger partial charge < -0.3 is 10.4 Å². The Morgan fingerprint density at radius 1 is 1.30 bits per heavy atom. The van der Waals surface area contributed by atoms with Gasteiger partial charge >= 0.3 is 0 Å². The highest BCUT2D eigenvalue weighted by Gasteiger charge is 2.24. The second-order valence-electron chi connectivity index (χ2n) is 5.74. The van der Waals surface area contributed by atoms with E-state index < -0.39 is 10.5 Å². The zero-order chi connectivity index (χ0) is 17.0. The van der Waals surface area contributed by atoms with Gasteiger partial charge in [-0.1, -0.05) is 24.3 Å². The molecule has 2 N–H and O–H groups in total. The topological polar surface area (TPSA) is 75.4 Å². The number of nitro benzene ring substituents is 1. The first-order valence-corrected chi connectivity index (χ1v) is 7.26. The summed E-state index contributed by atoms with van der Waals surface area (Å²) in [6, 6.07) is 11.9. The van der Waals surface area contributed by atoms with Gasteiger partial charge in [0.05, 0.1) is 10.5 Å².